The number of amides is 2. The highest BCUT2D eigenvalue weighted by molar-refractivity contribution is 6.30. The second-order valence-corrected chi connectivity index (χ2v) is 8.10. The van der Waals surface area contributed by atoms with Crippen LogP contribution in [0.1, 0.15) is 17.5 Å². The number of piperazine rings is 1. The van der Waals surface area contributed by atoms with E-state index in [0.29, 0.717) is 10.7 Å². The number of nitrogens with zero attached hydrogens (tertiary/aromatic N) is 2. The van der Waals surface area contributed by atoms with Gasteiger partial charge in [-0.3, -0.25) is 9.59 Å². The number of anilines is 2. The fourth-order valence-corrected chi connectivity index (χ4v) is 4.40. The lowest BCUT2D eigenvalue weighted by Gasteiger charge is -2.36. The third-order valence-electron chi connectivity index (χ3n) is 6.05. The molecule has 2 aliphatic heterocycles. The molecule has 6 heteroatoms. The fraction of sp³-hybridized carbons (Fsp3) is 0.364. The molecule has 2 fully saturated rings. The van der Waals surface area contributed by atoms with Crippen LogP contribution in [0, 0.1) is 13.8 Å². The lowest BCUT2D eigenvalue weighted by Crippen LogP contribution is -3.19. The van der Waals surface area contributed by atoms with Crippen LogP contribution >= 0.6 is 11.6 Å². The maximum absolute atomic E-state index is 13.0. The van der Waals surface area contributed by atoms with E-state index in [9.17, 15) is 9.59 Å². The standard InChI is InChI=1S/C22H24ClN3O2/c1-15-4-3-5-19(16(15)2)24-10-12-25(13-11-24)20-14-21(27)26(22(20)28)18-8-6-17(23)7-9-18/h3-9,20H,10-14H2,1-2H3/p+1/t20-/m0/s1. The van der Waals surface area contributed by atoms with Crippen molar-refractivity contribution in [1.82, 2.24) is 0 Å². The number of imide groups is 1. The van der Waals surface area contributed by atoms with Gasteiger partial charge in [-0.05, 0) is 55.3 Å². The minimum absolute atomic E-state index is 0.0949. The molecule has 0 unspecified atom stereocenters. The van der Waals surface area contributed by atoms with E-state index in [4.69, 9.17) is 11.6 Å². The van der Waals surface area contributed by atoms with Crippen molar-refractivity contribution in [3.8, 4) is 0 Å². The quantitative estimate of drug-likeness (QED) is 0.804. The summed E-state index contributed by atoms with van der Waals surface area (Å²) in [4.78, 5) is 30.5. The van der Waals surface area contributed by atoms with Gasteiger partial charge in [-0.15, -0.1) is 0 Å². The summed E-state index contributed by atoms with van der Waals surface area (Å²) in [5, 5.41) is 0.590. The molecule has 2 aliphatic rings. The number of rotatable bonds is 3. The van der Waals surface area contributed by atoms with E-state index in [-0.39, 0.29) is 24.3 Å². The molecule has 1 N–H and O–H groups in total. The van der Waals surface area contributed by atoms with Crippen LogP contribution in [0.2, 0.25) is 5.02 Å². The summed E-state index contributed by atoms with van der Waals surface area (Å²) in [5.41, 5.74) is 4.49. The normalized spacial score (nSPS) is 20.9. The smallest absolute Gasteiger partial charge is 0.292 e. The van der Waals surface area contributed by atoms with E-state index < -0.39 is 0 Å². The minimum atomic E-state index is -0.288. The van der Waals surface area contributed by atoms with E-state index in [2.05, 4.69) is 36.9 Å². The number of benzene rings is 2. The van der Waals surface area contributed by atoms with Crippen LogP contribution in [0.5, 0.6) is 0 Å². The Morgan fingerprint density at radius 2 is 1.68 bits per heavy atom. The number of aryl methyl sites for hydroxylation is 1. The molecule has 146 valence electrons. The Balaban J connectivity index is 1.45. The van der Waals surface area contributed by atoms with Gasteiger partial charge in [-0.1, -0.05) is 23.7 Å². The first-order valence-electron chi connectivity index (χ1n) is 9.74. The van der Waals surface area contributed by atoms with Gasteiger partial charge < -0.3 is 9.80 Å². The molecule has 1 atom stereocenters. The molecular weight excluding hydrogens is 374 g/mol. The molecule has 0 aliphatic carbocycles. The summed E-state index contributed by atoms with van der Waals surface area (Å²) >= 11 is 5.93. The summed E-state index contributed by atoms with van der Waals surface area (Å²) < 4.78 is 0. The molecule has 0 radical (unpaired) electrons. The van der Waals surface area contributed by atoms with Crippen LogP contribution in [-0.4, -0.2) is 44.0 Å². The zero-order valence-electron chi connectivity index (χ0n) is 16.2. The second-order valence-electron chi connectivity index (χ2n) is 7.66. The first-order chi connectivity index (χ1) is 13.5. The van der Waals surface area contributed by atoms with Crippen molar-refractivity contribution in [3.05, 3.63) is 58.6 Å². The lowest BCUT2D eigenvalue weighted by molar-refractivity contribution is -0.915. The van der Waals surface area contributed by atoms with Crippen LogP contribution in [0.15, 0.2) is 42.5 Å². The third-order valence-corrected chi connectivity index (χ3v) is 6.30. The van der Waals surface area contributed by atoms with Gasteiger partial charge in [-0.2, -0.15) is 0 Å². The zero-order valence-corrected chi connectivity index (χ0v) is 17.0. The molecule has 2 aromatic carbocycles. The number of nitrogens with one attached hydrogen (secondary N) is 1. The molecule has 2 aromatic rings. The maximum Gasteiger partial charge on any atom is 0.292 e. The van der Waals surface area contributed by atoms with Crippen molar-refractivity contribution in [2.24, 2.45) is 0 Å². The average Bonchev–Trinajstić information content (AvgIpc) is 2.99. The number of hydrogen-bond donors (Lipinski definition) is 1. The summed E-state index contributed by atoms with van der Waals surface area (Å²) in [7, 11) is 0. The average molecular weight is 399 g/mol. The van der Waals surface area contributed by atoms with Crippen molar-refractivity contribution in [2.75, 3.05) is 36.0 Å². The first kappa shape index (κ1) is 19.0. The Morgan fingerprint density at radius 1 is 1.00 bits per heavy atom. The summed E-state index contributed by atoms with van der Waals surface area (Å²) in [6, 6.07) is 13.0. The molecular formula is C22H25ClN3O2+. The zero-order chi connectivity index (χ0) is 19.8. The van der Waals surface area contributed by atoms with Crippen LogP contribution in [-0.2, 0) is 9.59 Å². The largest absolute Gasteiger partial charge is 0.360 e. The van der Waals surface area contributed by atoms with Gasteiger partial charge in [0.2, 0.25) is 5.91 Å². The molecule has 0 aromatic heterocycles. The Bertz CT molecular complexity index is 904. The van der Waals surface area contributed by atoms with Crippen molar-refractivity contribution in [2.45, 2.75) is 26.3 Å². The van der Waals surface area contributed by atoms with Crippen LogP contribution in [0.3, 0.4) is 0 Å². The summed E-state index contributed by atoms with van der Waals surface area (Å²) in [5.74, 6) is -0.218. The van der Waals surface area contributed by atoms with Crippen LogP contribution < -0.4 is 14.7 Å². The van der Waals surface area contributed by atoms with Crippen molar-refractivity contribution < 1.29 is 14.5 Å². The van der Waals surface area contributed by atoms with E-state index in [0.717, 1.165) is 26.2 Å². The van der Waals surface area contributed by atoms with Gasteiger partial charge >= 0.3 is 0 Å². The van der Waals surface area contributed by atoms with Crippen LogP contribution in [0.25, 0.3) is 0 Å². The van der Waals surface area contributed by atoms with Gasteiger partial charge in [0.25, 0.3) is 5.91 Å². The Labute approximate surface area is 170 Å². The minimum Gasteiger partial charge on any atom is -0.360 e. The number of carbonyl (C=O) groups is 2. The first-order valence-corrected chi connectivity index (χ1v) is 10.1. The van der Waals surface area contributed by atoms with Gasteiger partial charge in [0.15, 0.2) is 6.04 Å². The van der Waals surface area contributed by atoms with E-state index in [1.807, 2.05) is 0 Å². The molecule has 28 heavy (non-hydrogen) atoms. The molecule has 0 spiro atoms. The predicted molar refractivity (Wildman–Crippen MR) is 111 cm³/mol. The second kappa shape index (κ2) is 7.57. The molecule has 2 saturated heterocycles. The molecule has 2 amide bonds. The molecule has 0 bridgehead atoms. The fourth-order valence-electron chi connectivity index (χ4n) is 4.27. The van der Waals surface area contributed by atoms with Gasteiger partial charge in [0.05, 0.1) is 38.3 Å². The van der Waals surface area contributed by atoms with Crippen molar-refractivity contribution in [1.29, 1.82) is 0 Å². The monoisotopic (exact) mass is 398 g/mol. The van der Waals surface area contributed by atoms with Crippen molar-refractivity contribution >= 4 is 34.8 Å². The highest BCUT2D eigenvalue weighted by atomic mass is 35.5. The maximum atomic E-state index is 13.0. The lowest BCUT2D eigenvalue weighted by atomic mass is 10.1. The highest BCUT2D eigenvalue weighted by Gasteiger charge is 2.46. The van der Waals surface area contributed by atoms with Gasteiger partial charge in [0.1, 0.15) is 0 Å². The SMILES string of the molecule is Cc1cccc(N2CC[NH+]([C@H]3CC(=O)N(c4ccc(Cl)cc4)C3=O)CC2)c1C. The van der Waals surface area contributed by atoms with Crippen molar-refractivity contribution in [3.63, 3.8) is 0 Å². The van der Waals surface area contributed by atoms with E-state index in [1.165, 1.54) is 26.6 Å². The summed E-state index contributed by atoms with van der Waals surface area (Å²) in [6.45, 7) is 7.77. The molecule has 4 rings (SSSR count). The molecule has 5 nitrogen and oxygen atoms in total. The number of quaternary nitrogens is 1. The predicted octanol–water partition coefficient (Wildman–Crippen LogP) is 1.99. The molecule has 0 saturated carbocycles. The van der Waals surface area contributed by atoms with E-state index >= 15 is 0 Å². The van der Waals surface area contributed by atoms with Gasteiger partial charge in [0, 0.05) is 10.7 Å². The highest BCUT2D eigenvalue weighted by Crippen LogP contribution is 2.25. The van der Waals surface area contributed by atoms with E-state index in [1.54, 1.807) is 24.3 Å². The number of halogens is 1. The topological polar surface area (TPSA) is 45.1 Å². The third kappa shape index (κ3) is 3.40. The summed E-state index contributed by atoms with van der Waals surface area (Å²) in [6.07, 6.45) is 0.278. The van der Waals surface area contributed by atoms with Gasteiger partial charge in [-0.25, -0.2) is 4.90 Å². The molecule has 2 heterocycles. The van der Waals surface area contributed by atoms with Crippen LogP contribution in [0.4, 0.5) is 11.4 Å². The Morgan fingerprint density at radius 3 is 2.36 bits per heavy atom. The Hall–Kier alpha value is -2.37. The number of hydrogen-bond acceptors (Lipinski definition) is 3. The number of carbonyl (C=O) groups excluding carboxylic acids is 2. The Kier molecular flexibility index (Phi) is 5.13.